The zero-order chi connectivity index (χ0) is 11.0. The van der Waals surface area contributed by atoms with Gasteiger partial charge < -0.3 is 0 Å². The van der Waals surface area contributed by atoms with E-state index in [0.717, 1.165) is 0 Å². The molecule has 0 fully saturated rings. The van der Waals surface area contributed by atoms with E-state index in [-0.39, 0.29) is 11.7 Å². The zero-order valence-electron chi connectivity index (χ0n) is 9.03. The molecule has 0 bridgehead atoms. The second kappa shape index (κ2) is 7.01. The smallest absolute Gasteiger partial charge is 0.187 e. The summed E-state index contributed by atoms with van der Waals surface area (Å²) in [6, 6.07) is 0. The maximum atomic E-state index is 11.7. The van der Waals surface area contributed by atoms with Crippen LogP contribution in [0.3, 0.4) is 0 Å². The average molecular weight is 191 g/mol. The van der Waals surface area contributed by atoms with E-state index in [1.807, 2.05) is 39.0 Å². The van der Waals surface area contributed by atoms with Crippen LogP contribution in [0.15, 0.2) is 41.1 Å². The van der Waals surface area contributed by atoms with Gasteiger partial charge in [0.2, 0.25) is 0 Å². The predicted octanol–water partition coefficient (Wildman–Crippen LogP) is 2.93. The highest BCUT2D eigenvalue weighted by atomic mass is 16.1. The number of Topliss-reactive ketones (excluding diaryl/α,β-unsaturated/α-hetero) is 1. The van der Waals surface area contributed by atoms with Crippen molar-refractivity contribution in [2.24, 2.45) is 10.9 Å². The van der Waals surface area contributed by atoms with Crippen molar-refractivity contribution in [3.8, 4) is 0 Å². The maximum absolute atomic E-state index is 11.7. The van der Waals surface area contributed by atoms with Crippen molar-refractivity contribution in [1.29, 1.82) is 0 Å². The van der Waals surface area contributed by atoms with E-state index >= 15 is 0 Å². The quantitative estimate of drug-likeness (QED) is 0.284. The van der Waals surface area contributed by atoms with Gasteiger partial charge in [-0.2, -0.15) is 0 Å². The number of aliphatic imine (C=N–C) groups is 1. The summed E-state index contributed by atoms with van der Waals surface area (Å²) < 4.78 is 0. The maximum Gasteiger partial charge on any atom is 0.187 e. The largest absolute Gasteiger partial charge is 0.292 e. The SMILES string of the molecule is C=N/C(=C\C=C/C)C(=O)C(C)/C=C/C. The molecule has 1 unspecified atom stereocenters. The van der Waals surface area contributed by atoms with Gasteiger partial charge in [0.25, 0.3) is 0 Å². The van der Waals surface area contributed by atoms with Crippen LogP contribution >= 0.6 is 0 Å². The van der Waals surface area contributed by atoms with Gasteiger partial charge in [-0.05, 0) is 26.6 Å². The van der Waals surface area contributed by atoms with Crippen LogP contribution in [0.2, 0.25) is 0 Å². The van der Waals surface area contributed by atoms with Gasteiger partial charge in [-0.15, -0.1) is 0 Å². The number of nitrogens with zero attached hydrogens (tertiary/aromatic N) is 1. The topological polar surface area (TPSA) is 29.4 Å². The van der Waals surface area contributed by atoms with Crippen LogP contribution in [0, 0.1) is 5.92 Å². The van der Waals surface area contributed by atoms with Gasteiger partial charge in [-0.25, -0.2) is 0 Å². The highest BCUT2D eigenvalue weighted by Crippen LogP contribution is 2.09. The van der Waals surface area contributed by atoms with Crippen molar-refractivity contribution < 1.29 is 4.79 Å². The van der Waals surface area contributed by atoms with Crippen molar-refractivity contribution >= 4 is 12.5 Å². The zero-order valence-corrected chi connectivity index (χ0v) is 9.03. The molecule has 0 aliphatic rings. The second-order valence-electron chi connectivity index (χ2n) is 2.91. The van der Waals surface area contributed by atoms with Crippen molar-refractivity contribution in [1.82, 2.24) is 0 Å². The van der Waals surface area contributed by atoms with Crippen LogP contribution in [0.5, 0.6) is 0 Å². The summed E-state index contributed by atoms with van der Waals surface area (Å²) >= 11 is 0. The van der Waals surface area contributed by atoms with E-state index in [1.54, 1.807) is 12.2 Å². The molecule has 0 amide bonds. The van der Waals surface area contributed by atoms with Crippen molar-refractivity contribution in [2.75, 3.05) is 0 Å². The van der Waals surface area contributed by atoms with Crippen LogP contribution in [0.25, 0.3) is 0 Å². The minimum atomic E-state index is -0.137. The van der Waals surface area contributed by atoms with E-state index < -0.39 is 0 Å². The third-order valence-electron chi connectivity index (χ3n) is 1.76. The lowest BCUT2D eigenvalue weighted by atomic mass is 10.0. The normalized spacial score (nSPS) is 14.9. The summed E-state index contributed by atoms with van der Waals surface area (Å²) in [4.78, 5) is 15.4. The summed E-state index contributed by atoms with van der Waals surface area (Å²) in [6.07, 6.45) is 9.01. The Kier molecular flexibility index (Phi) is 6.29. The van der Waals surface area contributed by atoms with Crippen LogP contribution in [0.1, 0.15) is 20.8 Å². The highest BCUT2D eigenvalue weighted by molar-refractivity contribution is 5.98. The summed E-state index contributed by atoms with van der Waals surface area (Å²) in [5.41, 5.74) is 0.411. The van der Waals surface area contributed by atoms with Gasteiger partial charge in [0.1, 0.15) is 5.70 Å². The molecule has 0 radical (unpaired) electrons. The number of hydrogen-bond donors (Lipinski definition) is 0. The predicted molar refractivity (Wildman–Crippen MR) is 61.4 cm³/mol. The molecule has 0 aliphatic carbocycles. The van der Waals surface area contributed by atoms with Gasteiger partial charge >= 0.3 is 0 Å². The molecule has 0 rings (SSSR count). The van der Waals surface area contributed by atoms with Crippen molar-refractivity contribution in [3.63, 3.8) is 0 Å². The van der Waals surface area contributed by atoms with Crippen molar-refractivity contribution in [2.45, 2.75) is 20.8 Å². The molecular weight excluding hydrogens is 174 g/mol. The summed E-state index contributed by atoms with van der Waals surface area (Å²) in [5.74, 6) is -0.141. The fourth-order valence-electron chi connectivity index (χ4n) is 1.01. The number of carbonyl (C=O) groups excluding carboxylic acids is 1. The van der Waals surface area contributed by atoms with E-state index in [2.05, 4.69) is 11.7 Å². The number of allylic oxidation sites excluding steroid dienone is 6. The second-order valence-corrected chi connectivity index (χ2v) is 2.91. The van der Waals surface area contributed by atoms with E-state index in [9.17, 15) is 4.79 Å². The molecule has 0 aromatic rings. The van der Waals surface area contributed by atoms with Gasteiger partial charge in [0, 0.05) is 5.92 Å². The Morgan fingerprint density at radius 3 is 2.43 bits per heavy atom. The van der Waals surface area contributed by atoms with Crippen LogP contribution in [-0.4, -0.2) is 12.5 Å². The number of hydrogen-bond acceptors (Lipinski definition) is 2. The lowest BCUT2D eigenvalue weighted by molar-refractivity contribution is -0.117. The molecule has 76 valence electrons. The molecule has 0 aliphatic heterocycles. The first-order chi connectivity index (χ1) is 6.67. The summed E-state index contributed by atoms with van der Waals surface area (Å²) in [5, 5.41) is 0. The fourth-order valence-corrected chi connectivity index (χ4v) is 1.01. The van der Waals surface area contributed by atoms with E-state index in [4.69, 9.17) is 0 Å². The minimum absolute atomic E-state index is 0.00352. The van der Waals surface area contributed by atoms with Gasteiger partial charge in [-0.3, -0.25) is 9.79 Å². The Balaban J connectivity index is 4.70. The molecule has 0 saturated heterocycles. The number of ketones is 1. The molecule has 0 saturated carbocycles. The number of rotatable bonds is 5. The molecule has 2 heteroatoms. The highest BCUT2D eigenvalue weighted by Gasteiger charge is 2.12. The van der Waals surface area contributed by atoms with Crippen molar-refractivity contribution in [3.05, 3.63) is 36.1 Å². The van der Waals surface area contributed by atoms with Crippen LogP contribution in [-0.2, 0) is 4.79 Å². The van der Waals surface area contributed by atoms with Gasteiger partial charge in [-0.1, -0.05) is 31.2 Å². The fraction of sp³-hybridized carbons (Fsp3) is 0.333. The Labute approximate surface area is 85.7 Å². The Hall–Kier alpha value is -1.44. The summed E-state index contributed by atoms with van der Waals surface area (Å²) in [7, 11) is 0. The minimum Gasteiger partial charge on any atom is -0.292 e. The molecule has 0 aromatic carbocycles. The third kappa shape index (κ3) is 3.99. The Morgan fingerprint density at radius 1 is 1.36 bits per heavy atom. The molecule has 1 atom stereocenters. The standard InChI is InChI=1S/C12H17NO/c1-5-7-9-11(13-4)12(14)10(3)8-6-2/h5-10H,4H2,1-3H3/b7-5-,8-6+,11-9-. The van der Waals surface area contributed by atoms with Gasteiger partial charge in [0.05, 0.1) is 0 Å². The van der Waals surface area contributed by atoms with Gasteiger partial charge in [0.15, 0.2) is 5.78 Å². The molecule has 0 aromatic heterocycles. The first-order valence-corrected chi connectivity index (χ1v) is 4.64. The monoisotopic (exact) mass is 191 g/mol. The van der Waals surface area contributed by atoms with Crippen LogP contribution in [0.4, 0.5) is 0 Å². The van der Waals surface area contributed by atoms with E-state index in [0.29, 0.717) is 5.70 Å². The summed E-state index contributed by atoms with van der Waals surface area (Å²) in [6.45, 7) is 9.00. The third-order valence-corrected chi connectivity index (χ3v) is 1.76. The van der Waals surface area contributed by atoms with Crippen LogP contribution < -0.4 is 0 Å². The molecule has 0 heterocycles. The average Bonchev–Trinajstić information content (AvgIpc) is 2.19. The number of carbonyl (C=O) groups is 1. The Bertz CT molecular complexity index is 285. The molecular formula is C12H17NO. The first-order valence-electron chi connectivity index (χ1n) is 4.64. The lowest BCUT2D eigenvalue weighted by Crippen LogP contribution is -2.09. The molecule has 0 N–H and O–H groups in total. The lowest BCUT2D eigenvalue weighted by Gasteiger charge is -2.04. The molecule has 0 spiro atoms. The first kappa shape index (κ1) is 12.6. The van der Waals surface area contributed by atoms with E-state index in [1.165, 1.54) is 0 Å². The Morgan fingerprint density at radius 2 is 2.00 bits per heavy atom. The molecule has 2 nitrogen and oxygen atoms in total. The molecule has 14 heavy (non-hydrogen) atoms.